The predicted octanol–water partition coefficient (Wildman–Crippen LogP) is 3.17. The molecule has 0 spiro atoms. The third-order valence-electron chi connectivity index (χ3n) is 3.55. The van der Waals surface area contributed by atoms with Gasteiger partial charge in [-0.2, -0.15) is 0 Å². The van der Waals surface area contributed by atoms with E-state index in [4.69, 9.17) is 5.73 Å². The van der Waals surface area contributed by atoms with E-state index in [2.05, 4.69) is 11.9 Å². The van der Waals surface area contributed by atoms with Crippen LogP contribution in [-0.4, -0.2) is 10.8 Å². The number of hydrogen-bond donors (Lipinski definition) is 1. The van der Waals surface area contributed by atoms with E-state index in [9.17, 15) is 4.79 Å². The molecule has 1 atom stereocenters. The van der Waals surface area contributed by atoms with Crippen LogP contribution >= 0.6 is 11.3 Å². The zero-order valence-corrected chi connectivity index (χ0v) is 11.3. The fourth-order valence-corrected chi connectivity index (χ4v) is 3.11. The third-order valence-corrected chi connectivity index (χ3v) is 4.60. The molecule has 2 rings (SSSR count). The number of nitrogens with zero attached hydrogens (tertiary/aromatic N) is 1. The van der Waals surface area contributed by atoms with Gasteiger partial charge in [0.25, 0.3) is 0 Å². The van der Waals surface area contributed by atoms with E-state index in [0.717, 1.165) is 23.8 Å². The van der Waals surface area contributed by atoms with E-state index >= 15 is 0 Å². The Morgan fingerprint density at radius 3 is 2.65 bits per heavy atom. The largest absolute Gasteiger partial charge is 0.322 e. The summed E-state index contributed by atoms with van der Waals surface area (Å²) in [6, 6.07) is -0.0760. The molecule has 4 heteroatoms. The van der Waals surface area contributed by atoms with Crippen LogP contribution in [0.1, 0.15) is 61.1 Å². The van der Waals surface area contributed by atoms with Crippen molar-refractivity contribution in [2.24, 2.45) is 17.6 Å². The van der Waals surface area contributed by atoms with Gasteiger partial charge < -0.3 is 5.73 Å². The first-order valence-corrected chi connectivity index (χ1v) is 7.21. The van der Waals surface area contributed by atoms with Crippen LogP contribution < -0.4 is 5.73 Å². The molecule has 0 radical (unpaired) electrons. The van der Waals surface area contributed by atoms with Gasteiger partial charge in [-0.3, -0.25) is 4.79 Å². The average Bonchev–Trinajstić information content (AvgIpc) is 2.78. The Morgan fingerprint density at radius 2 is 2.12 bits per heavy atom. The summed E-state index contributed by atoms with van der Waals surface area (Å²) >= 11 is 1.49. The van der Waals surface area contributed by atoms with Crippen molar-refractivity contribution in [2.45, 2.75) is 45.6 Å². The first-order chi connectivity index (χ1) is 8.08. The molecular weight excluding hydrogens is 232 g/mol. The lowest BCUT2D eigenvalue weighted by Crippen LogP contribution is -2.21. The Bertz CT molecular complexity index is 392. The van der Waals surface area contributed by atoms with Crippen molar-refractivity contribution >= 4 is 17.1 Å². The van der Waals surface area contributed by atoms with Crippen LogP contribution in [0.15, 0.2) is 5.38 Å². The maximum Gasteiger partial charge on any atom is 0.185 e. The van der Waals surface area contributed by atoms with Gasteiger partial charge in [0.05, 0.1) is 6.04 Å². The minimum atomic E-state index is -0.0760. The Hall–Kier alpha value is -0.740. The van der Waals surface area contributed by atoms with E-state index in [-0.39, 0.29) is 17.7 Å². The Morgan fingerprint density at radius 1 is 1.47 bits per heavy atom. The molecule has 0 amide bonds. The zero-order chi connectivity index (χ0) is 12.4. The molecule has 1 aromatic rings. The molecule has 0 aromatic carbocycles. The van der Waals surface area contributed by atoms with Crippen LogP contribution in [0, 0.1) is 11.8 Å². The molecule has 0 bridgehead atoms. The second kappa shape index (κ2) is 5.27. The highest BCUT2D eigenvalue weighted by Gasteiger charge is 2.26. The van der Waals surface area contributed by atoms with Gasteiger partial charge in [-0.05, 0) is 25.7 Å². The van der Waals surface area contributed by atoms with Crippen LogP contribution in [0.2, 0.25) is 0 Å². The van der Waals surface area contributed by atoms with E-state index < -0.39 is 0 Å². The summed E-state index contributed by atoms with van der Waals surface area (Å²) in [6.45, 7) is 4.16. The molecule has 0 saturated heterocycles. The molecule has 1 fully saturated rings. The highest BCUT2D eigenvalue weighted by atomic mass is 32.1. The molecule has 1 aliphatic carbocycles. The topological polar surface area (TPSA) is 56.0 Å². The quantitative estimate of drug-likeness (QED) is 0.841. The molecule has 0 aliphatic heterocycles. The SMILES string of the molecule is CC1CCC(C(=O)c2csc(C(C)N)n2)CC1. The maximum atomic E-state index is 12.2. The molecule has 1 aromatic heterocycles. The number of thiazole rings is 1. The number of aromatic nitrogens is 1. The fraction of sp³-hybridized carbons (Fsp3) is 0.692. The summed E-state index contributed by atoms with van der Waals surface area (Å²) in [5.41, 5.74) is 6.39. The summed E-state index contributed by atoms with van der Waals surface area (Å²) in [5.74, 6) is 1.18. The molecule has 94 valence electrons. The van der Waals surface area contributed by atoms with Gasteiger partial charge in [-0.15, -0.1) is 11.3 Å². The number of carbonyl (C=O) groups excluding carboxylic acids is 1. The minimum Gasteiger partial charge on any atom is -0.322 e. The van der Waals surface area contributed by atoms with Crippen molar-refractivity contribution in [3.63, 3.8) is 0 Å². The predicted molar refractivity (Wildman–Crippen MR) is 70.2 cm³/mol. The van der Waals surface area contributed by atoms with Crippen molar-refractivity contribution in [1.82, 2.24) is 4.98 Å². The highest BCUT2D eigenvalue weighted by Crippen LogP contribution is 2.31. The normalized spacial score (nSPS) is 26.8. The van der Waals surface area contributed by atoms with Crippen LogP contribution in [0.4, 0.5) is 0 Å². The summed E-state index contributed by atoms with van der Waals surface area (Å²) < 4.78 is 0. The number of carbonyl (C=O) groups is 1. The third kappa shape index (κ3) is 2.93. The van der Waals surface area contributed by atoms with Crippen molar-refractivity contribution < 1.29 is 4.79 Å². The van der Waals surface area contributed by atoms with Crippen molar-refractivity contribution in [2.75, 3.05) is 0 Å². The van der Waals surface area contributed by atoms with Crippen LogP contribution in [0.5, 0.6) is 0 Å². The summed E-state index contributed by atoms with van der Waals surface area (Å²) in [7, 11) is 0. The van der Waals surface area contributed by atoms with E-state index in [1.54, 1.807) is 0 Å². The van der Waals surface area contributed by atoms with Crippen LogP contribution in [0.25, 0.3) is 0 Å². The van der Waals surface area contributed by atoms with Crippen molar-refractivity contribution in [3.8, 4) is 0 Å². The number of ketones is 1. The number of Topliss-reactive ketones (excluding diaryl/α,β-unsaturated/α-hetero) is 1. The second-order valence-corrected chi connectivity index (χ2v) is 6.07. The number of rotatable bonds is 3. The lowest BCUT2D eigenvalue weighted by atomic mass is 9.80. The van der Waals surface area contributed by atoms with Gasteiger partial charge in [0.15, 0.2) is 5.78 Å². The Kier molecular flexibility index (Phi) is 3.94. The van der Waals surface area contributed by atoms with Gasteiger partial charge in [0.1, 0.15) is 10.7 Å². The molecule has 1 heterocycles. The number of nitrogens with two attached hydrogens (primary N) is 1. The van der Waals surface area contributed by atoms with E-state index in [0.29, 0.717) is 5.69 Å². The molecule has 3 nitrogen and oxygen atoms in total. The Labute approximate surface area is 106 Å². The molecule has 1 aliphatic rings. The van der Waals surface area contributed by atoms with Gasteiger partial charge in [-0.25, -0.2) is 4.98 Å². The monoisotopic (exact) mass is 252 g/mol. The summed E-state index contributed by atoms with van der Waals surface area (Å²) in [4.78, 5) is 16.6. The lowest BCUT2D eigenvalue weighted by molar-refractivity contribution is 0.0871. The fourth-order valence-electron chi connectivity index (χ4n) is 2.34. The average molecular weight is 252 g/mol. The standard InChI is InChI=1S/C13H20N2OS/c1-8-3-5-10(6-4-8)12(16)11-7-17-13(15-11)9(2)14/h7-10H,3-6,14H2,1-2H3. The van der Waals surface area contributed by atoms with Crippen LogP contribution in [0.3, 0.4) is 0 Å². The van der Waals surface area contributed by atoms with Gasteiger partial charge >= 0.3 is 0 Å². The molecule has 2 N–H and O–H groups in total. The minimum absolute atomic E-state index is 0.0760. The highest BCUT2D eigenvalue weighted by molar-refractivity contribution is 7.09. The first kappa shape index (κ1) is 12.7. The molecule has 17 heavy (non-hydrogen) atoms. The van der Waals surface area contributed by atoms with Crippen molar-refractivity contribution in [3.05, 3.63) is 16.1 Å². The lowest BCUT2D eigenvalue weighted by Gasteiger charge is -2.24. The summed E-state index contributed by atoms with van der Waals surface area (Å²) in [6.07, 6.45) is 4.37. The van der Waals surface area contributed by atoms with Crippen LogP contribution in [-0.2, 0) is 0 Å². The second-order valence-electron chi connectivity index (χ2n) is 5.18. The van der Waals surface area contributed by atoms with Gasteiger partial charge in [0.2, 0.25) is 0 Å². The molecule has 1 saturated carbocycles. The van der Waals surface area contributed by atoms with E-state index in [1.807, 2.05) is 12.3 Å². The Balaban J connectivity index is 2.03. The molecule has 1 unspecified atom stereocenters. The van der Waals surface area contributed by atoms with E-state index in [1.165, 1.54) is 24.2 Å². The maximum absolute atomic E-state index is 12.2. The van der Waals surface area contributed by atoms with Gasteiger partial charge in [0, 0.05) is 11.3 Å². The summed E-state index contributed by atoms with van der Waals surface area (Å²) in [5, 5.41) is 2.72. The van der Waals surface area contributed by atoms with Gasteiger partial charge in [-0.1, -0.05) is 19.8 Å². The number of hydrogen-bond acceptors (Lipinski definition) is 4. The first-order valence-electron chi connectivity index (χ1n) is 6.33. The van der Waals surface area contributed by atoms with Crippen molar-refractivity contribution in [1.29, 1.82) is 0 Å². The molecular formula is C13H20N2OS. The zero-order valence-electron chi connectivity index (χ0n) is 10.5. The smallest absolute Gasteiger partial charge is 0.185 e.